The van der Waals surface area contributed by atoms with Gasteiger partial charge >= 0.3 is 6.61 Å². The van der Waals surface area contributed by atoms with Crippen LogP contribution in [0.2, 0.25) is 0 Å². The Morgan fingerprint density at radius 3 is 2.54 bits per heavy atom. The average Bonchev–Trinajstić information content (AvgIpc) is 2.55. The van der Waals surface area contributed by atoms with Crippen molar-refractivity contribution in [1.82, 2.24) is 4.98 Å². The van der Waals surface area contributed by atoms with Crippen molar-refractivity contribution in [2.24, 2.45) is 0 Å². The molecule has 1 aromatic carbocycles. The van der Waals surface area contributed by atoms with E-state index < -0.39 is 11.9 Å². The van der Waals surface area contributed by atoms with E-state index in [0.29, 0.717) is 16.3 Å². The molecular weight excluding hydrogens is 360 g/mol. The highest BCUT2D eigenvalue weighted by atomic mass is 32.2. The third-order valence-corrected chi connectivity index (χ3v) is 4.51. The van der Waals surface area contributed by atoms with Gasteiger partial charge in [0.2, 0.25) is 5.91 Å². The molecule has 136 valence electrons. The number of nitrogens with one attached hydrogen (secondary N) is 1. The zero-order valence-corrected chi connectivity index (χ0v) is 15.2. The summed E-state index contributed by atoms with van der Waals surface area (Å²) in [7, 11) is 0. The SMILES string of the molecule is Cc1cc(C)c(C#N)c(SC(C)C(=O)Nc2ccc(OC(F)F)cc2)n1. The van der Waals surface area contributed by atoms with Gasteiger partial charge in [-0.1, -0.05) is 11.8 Å². The number of nitrogens with zero attached hydrogens (tertiary/aromatic N) is 2. The Hall–Kier alpha value is -2.66. The predicted molar refractivity (Wildman–Crippen MR) is 95.4 cm³/mol. The summed E-state index contributed by atoms with van der Waals surface area (Å²) in [6.07, 6.45) is 0. The van der Waals surface area contributed by atoms with E-state index in [0.717, 1.165) is 11.3 Å². The number of aryl methyl sites for hydroxylation is 2. The molecule has 26 heavy (non-hydrogen) atoms. The third kappa shape index (κ3) is 5.17. The summed E-state index contributed by atoms with van der Waals surface area (Å²) in [5.74, 6) is -0.277. The minimum Gasteiger partial charge on any atom is -0.435 e. The van der Waals surface area contributed by atoms with E-state index in [-0.39, 0.29) is 11.7 Å². The number of carbonyl (C=O) groups excluding carboxylic acids is 1. The van der Waals surface area contributed by atoms with Crippen LogP contribution in [0.15, 0.2) is 35.4 Å². The van der Waals surface area contributed by atoms with Gasteiger partial charge in [0.15, 0.2) is 0 Å². The molecule has 1 atom stereocenters. The van der Waals surface area contributed by atoms with Crippen molar-refractivity contribution in [1.29, 1.82) is 5.26 Å². The number of benzene rings is 1. The highest BCUT2D eigenvalue weighted by molar-refractivity contribution is 8.00. The van der Waals surface area contributed by atoms with Crippen molar-refractivity contribution in [2.45, 2.75) is 37.7 Å². The van der Waals surface area contributed by atoms with Gasteiger partial charge in [0, 0.05) is 11.4 Å². The summed E-state index contributed by atoms with van der Waals surface area (Å²) in [5.41, 5.74) is 2.49. The zero-order valence-electron chi connectivity index (χ0n) is 14.4. The molecule has 0 bridgehead atoms. The van der Waals surface area contributed by atoms with Crippen molar-refractivity contribution in [2.75, 3.05) is 5.32 Å². The lowest BCUT2D eigenvalue weighted by molar-refractivity contribution is -0.115. The molecule has 5 nitrogen and oxygen atoms in total. The van der Waals surface area contributed by atoms with Crippen LogP contribution >= 0.6 is 11.8 Å². The molecule has 0 fully saturated rings. The van der Waals surface area contributed by atoms with Crippen LogP contribution < -0.4 is 10.1 Å². The van der Waals surface area contributed by atoms with Crippen molar-refractivity contribution >= 4 is 23.4 Å². The molecule has 0 saturated heterocycles. The zero-order chi connectivity index (χ0) is 19.3. The van der Waals surface area contributed by atoms with Gasteiger partial charge in [0.1, 0.15) is 16.8 Å². The standard InChI is InChI=1S/C18H17F2N3O2S/c1-10-8-11(2)22-17(15(10)9-21)26-12(3)16(24)23-13-4-6-14(7-5-13)25-18(19)20/h4-8,12,18H,1-3H3,(H,23,24). The van der Waals surface area contributed by atoms with Crippen LogP contribution in [0.5, 0.6) is 5.75 Å². The highest BCUT2D eigenvalue weighted by Gasteiger charge is 2.19. The Balaban J connectivity index is 2.05. The molecule has 1 amide bonds. The van der Waals surface area contributed by atoms with E-state index in [1.807, 2.05) is 19.9 Å². The molecule has 1 aromatic heterocycles. The number of thioether (sulfide) groups is 1. The van der Waals surface area contributed by atoms with Gasteiger partial charge < -0.3 is 10.1 Å². The number of rotatable bonds is 6. The summed E-state index contributed by atoms with van der Waals surface area (Å²) in [6.45, 7) is 2.46. The number of hydrogen-bond donors (Lipinski definition) is 1. The Morgan fingerprint density at radius 1 is 1.31 bits per heavy atom. The molecule has 1 unspecified atom stereocenters. The average molecular weight is 377 g/mol. The second kappa shape index (κ2) is 8.63. The van der Waals surface area contributed by atoms with Crippen LogP contribution in [0, 0.1) is 25.2 Å². The maximum Gasteiger partial charge on any atom is 0.387 e. The summed E-state index contributed by atoms with van der Waals surface area (Å²) < 4.78 is 28.5. The van der Waals surface area contributed by atoms with E-state index in [1.54, 1.807) is 6.92 Å². The molecule has 8 heteroatoms. The van der Waals surface area contributed by atoms with E-state index in [1.165, 1.54) is 36.0 Å². The molecule has 0 aliphatic rings. The first-order valence-corrected chi connectivity index (χ1v) is 8.59. The monoisotopic (exact) mass is 377 g/mol. The molecular formula is C18H17F2N3O2S. The quantitative estimate of drug-likeness (QED) is 0.760. The van der Waals surface area contributed by atoms with Crippen LogP contribution in [0.1, 0.15) is 23.7 Å². The number of hydrogen-bond acceptors (Lipinski definition) is 5. The minimum absolute atomic E-state index is 0.0125. The number of ether oxygens (including phenoxy) is 1. The van der Waals surface area contributed by atoms with Gasteiger partial charge in [-0.3, -0.25) is 4.79 Å². The largest absolute Gasteiger partial charge is 0.435 e. The van der Waals surface area contributed by atoms with Crippen LogP contribution in [-0.2, 0) is 4.79 Å². The molecule has 0 aliphatic heterocycles. The third-order valence-electron chi connectivity index (χ3n) is 3.43. The molecule has 0 saturated carbocycles. The van der Waals surface area contributed by atoms with Crippen molar-refractivity contribution in [3.05, 3.63) is 47.2 Å². The van der Waals surface area contributed by atoms with Crippen molar-refractivity contribution < 1.29 is 18.3 Å². The Morgan fingerprint density at radius 2 is 1.96 bits per heavy atom. The first-order chi connectivity index (χ1) is 12.3. The Bertz CT molecular complexity index is 836. The number of aromatic nitrogens is 1. The molecule has 0 spiro atoms. The Labute approximate surface area is 154 Å². The summed E-state index contributed by atoms with van der Waals surface area (Å²) in [5, 5.41) is 12.0. The van der Waals surface area contributed by atoms with Gasteiger partial charge in [-0.15, -0.1) is 0 Å². The second-order valence-corrected chi connectivity index (χ2v) is 6.85. The molecule has 1 N–H and O–H groups in total. The van der Waals surface area contributed by atoms with E-state index >= 15 is 0 Å². The number of nitriles is 1. The number of halogens is 2. The fourth-order valence-electron chi connectivity index (χ4n) is 2.21. The summed E-state index contributed by atoms with van der Waals surface area (Å²) in [6, 6.07) is 9.57. The number of anilines is 1. The van der Waals surface area contributed by atoms with E-state index in [4.69, 9.17) is 0 Å². The molecule has 2 aromatic rings. The Kier molecular flexibility index (Phi) is 6.52. The lowest BCUT2D eigenvalue weighted by atomic mass is 10.1. The van der Waals surface area contributed by atoms with Crippen LogP contribution in [-0.4, -0.2) is 22.8 Å². The van der Waals surface area contributed by atoms with Gasteiger partial charge in [0.05, 0.1) is 10.8 Å². The van der Waals surface area contributed by atoms with Gasteiger partial charge in [-0.05, 0) is 56.7 Å². The predicted octanol–water partition coefficient (Wildman–Crippen LogP) is 4.29. The first kappa shape index (κ1) is 19.7. The maximum absolute atomic E-state index is 12.4. The number of pyridine rings is 1. The van der Waals surface area contributed by atoms with Crippen LogP contribution in [0.4, 0.5) is 14.5 Å². The van der Waals surface area contributed by atoms with Gasteiger partial charge in [-0.25, -0.2) is 4.98 Å². The lowest BCUT2D eigenvalue weighted by Gasteiger charge is -2.14. The summed E-state index contributed by atoms with van der Waals surface area (Å²) in [4.78, 5) is 16.7. The van der Waals surface area contributed by atoms with E-state index in [9.17, 15) is 18.8 Å². The minimum atomic E-state index is -2.90. The lowest BCUT2D eigenvalue weighted by Crippen LogP contribution is -2.22. The van der Waals surface area contributed by atoms with Crippen LogP contribution in [0.3, 0.4) is 0 Å². The number of carbonyl (C=O) groups is 1. The highest BCUT2D eigenvalue weighted by Crippen LogP contribution is 2.28. The number of amides is 1. The van der Waals surface area contributed by atoms with Gasteiger partial charge in [-0.2, -0.15) is 14.0 Å². The summed E-state index contributed by atoms with van der Waals surface area (Å²) >= 11 is 1.19. The molecule has 0 radical (unpaired) electrons. The van der Waals surface area contributed by atoms with Crippen LogP contribution in [0.25, 0.3) is 0 Å². The maximum atomic E-state index is 12.4. The second-order valence-electron chi connectivity index (χ2n) is 5.52. The topological polar surface area (TPSA) is 75.0 Å². The smallest absolute Gasteiger partial charge is 0.387 e. The molecule has 2 rings (SSSR count). The molecule has 0 aliphatic carbocycles. The van der Waals surface area contributed by atoms with Gasteiger partial charge in [0.25, 0.3) is 0 Å². The first-order valence-electron chi connectivity index (χ1n) is 7.71. The van der Waals surface area contributed by atoms with E-state index in [2.05, 4.69) is 21.1 Å². The fraction of sp³-hybridized carbons (Fsp3) is 0.278. The van der Waals surface area contributed by atoms with Crippen molar-refractivity contribution in [3.63, 3.8) is 0 Å². The number of alkyl halides is 2. The fourth-order valence-corrected chi connectivity index (χ4v) is 3.23. The van der Waals surface area contributed by atoms with Crippen molar-refractivity contribution in [3.8, 4) is 11.8 Å². The normalized spacial score (nSPS) is 11.7. The molecule has 1 heterocycles.